The maximum Gasteiger partial charge on any atom is 0.180 e. The zero-order chi connectivity index (χ0) is 9.42. The highest BCUT2D eigenvalue weighted by atomic mass is 35.5. The molecule has 0 fully saturated rings. The van der Waals surface area contributed by atoms with Crippen LogP contribution in [0.3, 0.4) is 0 Å². The van der Waals surface area contributed by atoms with Crippen molar-refractivity contribution in [1.29, 1.82) is 0 Å². The molecule has 1 aromatic rings. The number of hydrogen-bond acceptors (Lipinski definition) is 1. The summed E-state index contributed by atoms with van der Waals surface area (Å²) in [6.07, 6.45) is 1.56. The van der Waals surface area contributed by atoms with E-state index in [-0.39, 0.29) is 11.2 Å². The van der Waals surface area contributed by atoms with E-state index in [9.17, 15) is 4.79 Å². The molecule has 0 radical (unpaired) electrons. The molecule has 13 heavy (non-hydrogen) atoms. The van der Waals surface area contributed by atoms with Crippen molar-refractivity contribution >= 4 is 29.0 Å². The SMILES string of the molecule is O=C1c2ccc(Cl)cc2CCC1Cl. The minimum atomic E-state index is -0.353. The summed E-state index contributed by atoms with van der Waals surface area (Å²) in [6.45, 7) is 0. The monoisotopic (exact) mass is 214 g/mol. The first-order valence-corrected chi connectivity index (χ1v) is 4.96. The van der Waals surface area contributed by atoms with Crippen molar-refractivity contribution in [1.82, 2.24) is 0 Å². The van der Waals surface area contributed by atoms with E-state index in [1.807, 2.05) is 6.07 Å². The van der Waals surface area contributed by atoms with Crippen LogP contribution in [-0.4, -0.2) is 11.2 Å². The maximum absolute atomic E-state index is 11.6. The number of alkyl halides is 1. The molecule has 0 amide bonds. The number of ketones is 1. The number of carbonyl (C=O) groups is 1. The molecule has 1 aliphatic carbocycles. The molecular formula is C10H8Cl2O. The Kier molecular flexibility index (Phi) is 2.31. The fourth-order valence-corrected chi connectivity index (χ4v) is 2.01. The number of benzene rings is 1. The van der Waals surface area contributed by atoms with Crippen molar-refractivity contribution < 1.29 is 4.79 Å². The molecule has 1 unspecified atom stereocenters. The van der Waals surface area contributed by atoms with Gasteiger partial charge < -0.3 is 0 Å². The van der Waals surface area contributed by atoms with E-state index in [1.165, 1.54) is 0 Å². The molecule has 0 saturated carbocycles. The Bertz CT molecular complexity index is 360. The highest BCUT2D eigenvalue weighted by Gasteiger charge is 2.25. The minimum Gasteiger partial charge on any atom is -0.292 e. The van der Waals surface area contributed by atoms with Crippen LogP contribution < -0.4 is 0 Å². The molecule has 1 atom stereocenters. The number of rotatable bonds is 0. The third-order valence-electron chi connectivity index (χ3n) is 2.28. The standard InChI is InChI=1S/C10H8Cl2O/c11-7-2-3-8-6(5-7)1-4-9(12)10(8)13/h2-3,5,9H,1,4H2. The van der Waals surface area contributed by atoms with Crippen LogP contribution >= 0.6 is 23.2 Å². The van der Waals surface area contributed by atoms with Gasteiger partial charge in [0.2, 0.25) is 0 Å². The van der Waals surface area contributed by atoms with Crippen LogP contribution in [-0.2, 0) is 6.42 Å². The number of carbonyl (C=O) groups excluding carboxylic acids is 1. The second-order valence-electron chi connectivity index (χ2n) is 3.17. The Hall–Kier alpha value is -0.530. The molecular weight excluding hydrogens is 207 g/mol. The van der Waals surface area contributed by atoms with Crippen molar-refractivity contribution in [3.8, 4) is 0 Å². The number of halogens is 2. The Balaban J connectivity index is 2.50. The van der Waals surface area contributed by atoms with Crippen molar-refractivity contribution in [2.45, 2.75) is 18.2 Å². The van der Waals surface area contributed by atoms with Gasteiger partial charge >= 0.3 is 0 Å². The zero-order valence-corrected chi connectivity index (χ0v) is 8.40. The van der Waals surface area contributed by atoms with E-state index < -0.39 is 0 Å². The van der Waals surface area contributed by atoms with Crippen molar-refractivity contribution in [3.05, 3.63) is 34.3 Å². The summed E-state index contributed by atoms with van der Waals surface area (Å²) < 4.78 is 0. The fourth-order valence-electron chi connectivity index (χ4n) is 1.59. The summed E-state index contributed by atoms with van der Waals surface area (Å²) in [5.41, 5.74) is 1.75. The first-order chi connectivity index (χ1) is 6.18. The van der Waals surface area contributed by atoms with Crippen LogP contribution in [0, 0.1) is 0 Å². The molecule has 0 heterocycles. The van der Waals surface area contributed by atoms with Crippen LogP contribution in [0.1, 0.15) is 22.3 Å². The van der Waals surface area contributed by atoms with Crippen molar-refractivity contribution in [2.24, 2.45) is 0 Å². The van der Waals surface area contributed by atoms with E-state index in [0.717, 1.165) is 17.5 Å². The molecule has 0 aromatic heterocycles. The van der Waals surface area contributed by atoms with Crippen LogP contribution in [0.4, 0.5) is 0 Å². The molecule has 0 N–H and O–H groups in total. The van der Waals surface area contributed by atoms with Gasteiger partial charge in [-0.25, -0.2) is 0 Å². The molecule has 1 aliphatic rings. The van der Waals surface area contributed by atoms with Gasteiger partial charge in [-0.3, -0.25) is 4.79 Å². The van der Waals surface area contributed by atoms with Crippen LogP contribution in [0.25, 0.3) is 0 Å². The lowest BCUT2D eigenvalue weighted by Gasteiger charge is -2.18. The molecule has 2 rings (SSSR count). The smallest absolute Gasteiger partial charge is 0.180 e. The summed E-state index contributed by atoms with van der Waals surface area (Å²) >= 11 is 11.7. The van der Waals surface area contributed by atoms with Crippen LogP contribution in [0.5, 0.6) is 0 Å². The van der Waals surface area contributed by atoms with E-state index in [0.29, 0.717) is 11.4 Å². The first kappa shape index (κ1) is 9.04. The van der Waals surface area contributed by atoms with Gasteiger partial charge in [0, 0.05) is 10.6 Å². The van der Waals surface area contributed by atoms with Gasteiger partial charge in [0.1, 0.15) is 0 Å². The highest BCUT2D eigenvalue weighted by Crippen LogP contribution is 2.26. The molecule has 1 nitrogen and oxygen atoms in total. The Morgan fingerprint density at radius 3 is 2.92 bits per heavy atom. The van der Waals surface area contributed by atoms with Gasteiger partial charge in [0.15, 0.2) is 5.78 Å². The zero-order valence-electron chi connectivity index (χ0n) is 6.89. The van der Waals surface area contributed by atoms with Crippen LogP contribution in [0.15, 0.2) is 18.2 Å². The lowest BCUT2D eigenvalue weighted by atomic mass is 9.90. The van der Waals surface area contributed by atoms with E-state index in [4.69, 9.17) is 23.2 Å². The molecule has 0 spiro atoms. The second-order valence-corrected chi connectivity index (χ2v) is 4.14. The maximum atomic E-state index is 11.6. The number of Topliss-reactive ketones (excluding diaryl/α,β-unsaturated/α-hetero) is 1. The van der Waals surface area contributed by atoms with Gasteiger partial charge in [-0.2, -0.15) is 0 Å². The first-order valence-electron chi connectivity index (χ1n) is 4.15. The number of aryl methyl sites for hydroxylation is 1. The topological polar surface area (TPSA) is 17.1 Å². The summed E-state index contributed by atoms with van der Waals surface area (Å²) in [4.78, 5) is 11.6. The lowest BCUT2D eigenvalue weighted by Crippen LogP contribution is -2.22. The molecule has 3 heteroatoms. The van der Waals surface area contributed by atoms with Crippen LogP contribution in [0.2, 0.25) is 5.02 Å². The van der Waals surface area contributed by atoms with Crippen molar-refractivity contribution in [3.63, 3.8) is 0 Å². The molecule has 0 saturated heterocycles. The largest absolute Gasteiger partial charge is 0.292 e. The average molecular weight is 215 g/mol. The third kappa shape index (κ3) is 1.59. The van der Waals surface area contributed by atoms with E-state index in [1.54, 1.807) is 12.1 Å². The summed E-state index contributed by atoms with van der Waals surface area (Å²) in [5, 5.41) is 0.327. The molecule has 0 bridgehead atoms. The number of hydrogen-bond donors (Lipinski definition) is 0. The molecule has 0 aliphatic heterocycles. The van der Waals surface area contributed by atoms with Gasteiger partial charge in [0.05, 0.1) is 5.38 Å². The quantitative estimate of drug-likeness (QED) is 0.607. The Morgan fingerprint density at radius 1 is 1.38 bits per heavy atom. The predicted molar refractivity (Wildman–Crippen MR) is 53.7 cm³/mol. The van der Waals surface area contributed by atoms with Crippen molar-refractivity contribution in [2.75, 3.05) is 0 Å². The average Bonchev–Trinajstić information content (AvgIpc) is 2.12. The minimum absolute atomic E-state index is 0.0274. The highest BCUT2D eigenvalue weighted by molar-refractivity contribution is 6.35. The van der Waals surface area contributed by atoms with Gasteiger partial charge in [-0.15, -0.1) is 11.6 Å². The molecule has 68 valence electrons. The Morgan fingerprint density at radius 2 is 2.15 bits per heavy atom. The van der Waals surface area contributed by atoms with E-state index in [2.05, 4.69) is 0 Å². The normalized spacial score (nSPS) is 21.4. The van der Waals surface area contributed by atoms with Gasteiger partial charge in [-0.1, -0.05) is 11.6 Å². The third-order valence-corrected chi connectivity index (χ3v) is 2.94. The number of fused-ring (bicyclic) bond motifs is 1. The summed E-state index contributed by atoms with van der Waals surface area (Å²) in [7, 11) is 0. The predicted octanol–water partition coefficient (Wildman–Crippen LogP) is 3.08. The van der Waals surface area contributed by atoms with Gasteiger partial charge in [-0.05, 0) is 36.6 Å². The fraction of sp³-hybridized carbons (Fsp3) is 0.300. The Labute approximate surface area is 86.7 Å². The summed E-state index contributed by atoms with van der Waals surface area (Å²) in [6, 6.07) is 5.33. The molecule has 1 aromatic carbocycles. The second kappa shape index (κ2) is 3.32. The lowest BCUT2D eigenvalue weighted by molar-refractivity contribution is 0.0977. The van der Waals surface area contributed by atoms with E-state index >= 15 is 0 Å². The van der Waals surface area contributed by atoms with Gasteiger partial charge in [0.25, 0.3) is 0 Å². The summed E-state index contributed by atoms with van der Waals surface area (Å²) in [5.74, 6) is 0.0274.